The van der Waals surface area contributed by atoms with Gasteiger partial charge in [-0.15, -0.1) is 0 Å². The van der Waals surface area contributed by atoms with E-state index in [1.165, 1.54) is 5.56 Å². The molecule has 1 aromatic carbocycles. The van der Waals surface area contributed by atoms with Crippen molar-refractivity contribution in [3.63, 3.8) is 0 Å². The zero-order valence-electron chi connectivity index (χ0n) is 13.8. The quantitative estimate of drug-likeness (QED) is 0.883. The minimum absolute atomic E-state index is 0.0336. The van der Waals surface area contributed by atoms with Crippen LogP contribution in [0.15, 0.2) is 30.3 Å². The van der Waals surface area contributed by atoms with Crippen molar-refractivity contribution in [2.24, 2.45) is 11.7 Å². The zero-order valence-corrected chi connectivity index (χ0v) is 13.8. The number of hydrogen-bond acceptors (Lipinski definition) is 3. The minimum Gasteiger partial charge on any atom is -0.393 e. The summed E-state index contributed by atoms with van der Waals surface area (Å²) in [5, 5.41) is 10.6. The van der Waals surface area contributed by atoms with Gasteiger partial charge in [0.05, 0.1) is 17.8 Å². The second-order valence-electron chi connectivity index (χ2n) is 7.78. The topological polar surface area (TPSA) is 55.5 Å². The molecule has 2 fully saturated rings. The Labute approximate surface area is 133 Å². The molecule has 0 spiro atoms. The molecule has 3 nitrogen and oxygen atoms in total. The average Bonchev–Trinajstić information content (AvgIpc) is 2.68. The molecule has 1 aliphatic carbocycles. The lowest BCUT2D eigenvalue weighted by Gasteiger charge is -2.43. The highest BCUT2D eigenvalue weighted by molar-refractivity contribution is 5.26. The molecule has 3 rings (SSSR count). The Morgan fingerprint density at radius 1 is 1.18 bits per heavy atom. The predicted molar refractivity (Wildman–Crippen MR) is 88.7 cm³/mol. The number of benzene rings is 1. The summed E-state index contributed by atoms with van der Waals surface area (Å²) in [6, 6.07) is 10.6. The standard InChI is InChI=1S/C19H29NO2/c1-18(2)12-16(21)15-8-10-19(13-20,11-9-17(15)22-18)14-6-4-3-5-7-14/h3-7,15-17,21H,8-13,20H2,1-2H3/t15-,16+,17+,19+/m1/s1. The molecule has 0 amide bonds. The van der Waals surface area contributed by atoms with Gasteiger partial charge in [-0.2, -0.15) is 0 Å². The number of rotatable bonds is 2. The Hall–Kier alpha value is -0.900. The zero-order chi connectivity index (χ0) is 15.8. The Morgan fingerprint density at radius 3 is 2.55 bits per heavy atom. The van der Waals surface area contributed by atoms with Crippen LogP contribution in [-0.2, 0) is 10.2 Å². The van der Waals surface area contributed by atoms with Crippen molar-refractivity contribution in [2.45, 2.75) is 69.2 Å². The van der Waals surface area contributed by atoms with Gasteiger partial charge in [-0.25, -0.2) is 0 Å². The van der Waals surface area contributed by atoms with Crippen molar-refractivity contribution < 1.29 is 9.84 Å². The Kier molecular flexibility index (Phi) is 4.32. The molecular formula is C19H29NO2. The third-order valence-electron chi connectivity index (χ3n) is 5.78. The van der Waals surface area contributed by atoms with E-state index in [1.807, 2.05) is 0 Å². The molecular weight excluding hydrogens is 274 g/mol. The lowest BCUT2D eigenvalue weighted by Crippen LogP contribution is -2.48. The molecule has 1 heterocycles. The molecule has 0 bridgehead atoms. The third-order valence-corrected chi connectivity index (χ3v) is 5.78. The van der Waals surface area contributed by atoms with Crippen LogP contribution in [-0.4, -0.2) is 29.5 Å². The molecule has 1 saturated heterocycles. The van der Waals surface area contributed by atoms with Gasteiger partial charge in [0.25, 0.3) is 0 Å². The fourth-order valence-electron chi connectivity index (χ4n) is 4.49. The molecule has 0 unspecified atom stereocenters. The van der Waals surface area contributed by atoms with Gasteiger partial charge in [-0.1, -0.05) is 30.3 Å². The number of aliphatic hydroxyl groups excluding tert-OH is 1. The van der Waals surface area contributed by atoms with Crippen LogP contribution >= 0.6 is 0 Å². The maximum atomic E-state index is 10.6. The van der Waals surface area contributed by atoms with Gasteiger partial charge in [0.15, 0.2) is 0 Å². The van der Waals surface area contributed by atoms with Crippen LogP contribution in [0.5, 0.6) is 0 Å². The molecule has 0 aromatic heterocycles. The molecule has 1 aromatic rings. The Morgan fingerprint density at radius 2 is 1.86 bits per heavy atom. The summed E-state index contributed by atoms with van der Waals surface area (Å²) in [5.41, 5.74) is 7.37. The molecule has 4 atom stereocenters. The Bertz CT molecular complexity index is 501. The van der Waals surface area contributed by atoms with E-state index < -0.39 is 0 Å². The molecule has 0 radical (unpaired) electrons. The SMILES string of the molecule is CC1(C)C[C@H](O)[C@H]2CC[C@](CN)(c3ccccc3)CC[C@@H]2O1. The van der Waals surface area contributed by atoms with E-state index >= 15 is 0 Å². The number of ether oxygens (including phenoxy) is 1. The molecule has 3 N–H and O–H groups in total. The van der Waals surface area contributed by atoms with E-state index in [9.17, 15) is 5.11 Å². The van der Waals surface area contributed by atoms with E-state index in [0.29, 0.717) is 6.54 Å². The van der Waals surface area contributed by atoms with E-state index in [-0.39, 0.29) is 29.1 Å². The summed E-state index contributed by atoms with van der Waals surface area (Å²) < 4.78 is 6.30. The molecule has 3 heteroatoms. The highest BCUT2D eigenvalue weighted by Gasteiger charge is 2.45. The van der Waals surface area contributed by atoms with E-state index in [2.05, 4.69) is 44.2 Å². The number of hydrogen-bond donors (Lipinski definition) is 2. The summed E-state index contributed by atoms with van der Waals surface area (Å²) in [7, 11) is 0. The summed E-state index contributed by atoms with van der Waals surface area (Å²) in [6.45, 7) is 4.84. The summed E-state index contributed by atoms with van der Waals surface area (Å²) in [5.74, 6) is 0.255. The van der Waals surface area contributed by atoms with Gasteiger partial charge in [0, 0.05) is 24.3 Å². The third kappa shape index (κ3) is 2.94. The average molecular weight is 303 g/mol. The second kappa shape index (κ2) is 5.95. The summed E-state index contributed by atoms with van der Waals surface area (Å²) in [4.78, 5) is 0. The second-order valence-corrected chi connectivity index (χ2v) is 7.78. The van der Waals surface area contributed by atoms with Crippen LogP contribution < -0.4 is 5.73 Å². The molecule has 122 valence electrons. The van der Waals surface area contributed by atoms with Gasteiger partial charge in [0.1, 0.15) is 0 Å². The van der Waals surface area contributed by atoms with Crippen LogP contribution in [0.25, 0.3) is 0 Å². The fourth-order valence-corrected chi connectivity index (χ4v) is 4.49. The normalized spacial score (nSPS) is 38.1. The molecule has 22 heavy (non-hydrogen) atoms. The van der Waals surface area contributed by atoms with Crippen LogP contribution in [0, 0.1) is 5.92 Å². The number of aliphatic hydroxyl groups is 1. The van der Waals surface area contributed by atoms with E-state index in [4.69, 9.17) is 10.5 Å². The summed E-state index contributed by atoms with van der Waals surface area (Å²) >= 11 is 0. The van der Waals surface area contributed by atoms with Crippen molar-refractivity contribution in [1.82, 2.24) is 0 Å². The highest BCUT2D eigenvalue weighted by atomic mass is 16.5. The molecule has 1 saturated carbocycles. The van der Waals surface area contributed by atoms with Crippen molar-refractivity contribution in [1.29, 1.82) is 0 Å². The van der Waals surface area contributed by atoms with Gasteiger partial charge in [-0.3, -0.25) is 0 Å². The monoisotopic (exact) mass is 303 g/mol. The lowest BCUT2D eigenvalue weighted by molar-refractivity contribution is -0.178. The first-order valence-corrected chi connectivity index (χ1v) is 8.57. The Balaban J connectivity index is 1.84. The van der Waals surface area contributed by atoms with Crippen LogP contribution in [0.4, 0.5) is 0 Å². The predicted octanol–water partition coefficient (Wildman–Crippen LogP) is 3.00. The largest absolute Gasteiger partial charge is 0.393 e. The van der Waals surface area contributed by atoms with Gasteiger partial charge in [0.2, 0.25) is 0 Å². The van der Waals surface area contributed by atoms with Crippen molar-refractivity contribution in [3.8, 4) is 0 Å². The first kappa shape index (κ1) is 16.0. The first-order chi connectivity index (χ1) is 10.5. The lowest BCUT2D eigenvalue weighted by atomic mass is 9.74. The van der Waals surface area contributed by atoms with Crippen molar-refractivity contribution in [2.75, 3.05) is 6.54 Å². The maximum Gasteiger partial charge on any atom is 0.0655 e. The number of fused-ring (bicyclic) bond motifs is 1. The summed E-state index contributed by atoms with van der Waals surface area (Å²) in [6.07, 6.45) is 4.70. The van der Waals surface area contributed by atoms with Gasteiger partial charge in [-0.05, 0) is 45.1 Å². The van der Waals surface area contributed by atoms with Crippen LogP contribution in [0.3, 0.4) is 0 Å². The van der Waals surface area contributed by atoms with Crippen molar-refractivity contribution >= 4 is 0 Å². The fraction of sp³-hybridized carbons (Fsp3) is 0.684. The number of nitrogens with two attached hydrogens (primary N) is 1. The minimum atomic E-state index is -0.252. The van der Waals surface area contributed by atoms with Crippen LogP contribution in [0.1, 0.15) is 51.5 Å². The van der Waals surface area contributed by atoms with E-state index in [0.717, 1.165) is 32.1 Å². The van der Waals surface area contributed by atoms with Crippen molar-refractivity contribution in [3.05, 3.63) is 35.9 Å². The van der Waals surface area contributed by atoms with E-state index in [1.54, 1.807) is 0 Å². The smallest absolute Gasteiger partial charge is 0.0655 e. The van der Waals surface area contributed by atoms with Gasteiger partial charge >= 0.3 is 0 Å². The first-order valence-electron chi connectivity index (χ1n) is 8.57. The molecule has 1 aliphatic heterocycles. The van der Waals surface area contributed by atoms with Crippen LogP contribution in [0.2, 0.25) is 0 Å². The molecule has 2 aliphatic rings. The highest BCUT2D eigenvalue weighted by Crippen LogP contribution is 2.45. The van der Waals surface area contributed by atoms with Gasteiger partial charge < -0.3 is 15.6 Å². The maximum absolute atomic E-state index is 10.6.